The maximum atomic E-state index is 3.16. The van der Waals surface area contributed by atoms with Crippen LogP contribution < -0.4 is 0 Å². The molecule has 2 rings (SSSR count). The van der Waals surface area contributed by atoms with Crippen LogP contribution in [-0.4, -0.2) is 25.0 Å². The molecular formula is C19H17N. The van der Waals surface area contributed by atoms with E-state index in [1.165, 1.54) is 0 Å². The molecule has 0 aliphatic heterocycles. The highest BCUT2D eigenvalue weighted by molar-refractivity contribution is 5.35. The fraction of sp³-hybridized carbons (Fsp3) is 0.158. The van der Waals surface area contributed by atoms with E-state index in [0.717, 1.165) is 24.2 Å². The normalized spacial score (nSPS) is 9.30. The van der Waals surface area contributed by atoms with E-state index < -0.39 is 0 Å². The summed E-state index contributed by atoms with van der Waals surface area (Å²) in [7, 11) is 2.03. The van der Waals surface area contributed by atoms with Gasteiger partial charge < -0.3 is 0 Å². The first-order valence-corrected chi connectivity index (χ1v) is 6.61. The SMILES string of the molecule is CN(CC#Cc1ccccc1)CC#Cc1ccccc1. The van der Waals surface area contributed by atoms with Gasteiger partial charge in [0.05, 0.1) is 13.1 Å². The van der Waals surface area contributed by atoms with Crippen LogP contribution in [0.15, 0.2) is 60.7 Å². The molecule has 98 valence electrons. The molecular weight excluding hydrogens is 242 g/mol. The van der Waals surface area contributed by atoms with Gasteiger partial charge in [0.1, 0.15) is 0 Å². The van der Waals surface area contributed by atoms with Crippen molar-refractivity contribution in [2.75, 3.05) is 20.1 Å². The van der Waals surface area contributed by atoms with Gasteiger partial charge in [0.25, 0.3) is 0 Å². The van der Waals surface area contributed by atoms with Gasteiger partial charge in [-0.25, -0.2) is 0 Å². The fourth-order valence-electron chi connectivity index (χ4n) is 1.65. The average molecular weight is 259 g/mol. The van der Waals surface area contributed by atoms with Crippen molar-refractivity contribution >= 4 is 0 Å². The minimum absolute atomic E-state index is 0.721. The largest absolute Gasteiger partial charge is 0.284 e. The number of rotatable bonds is 2. The Morgan fingerprint density at radius 3 is 1.50 bits per heavy atom. The molecule has 0 aromatic heterocycles. The lowest BCUT2D eigenvalue weighted by atomic mass is 10.2. The van der Waals surface area contributed by atoms with Crippen LogP contribution >= 0.6 is 0 Å². The van der Waals surface area contributed by atoms with Crippen LogP contribution in [0.25, 0.3) is 0 Å². The van der Waals surface area contributed by atoms with Crippen molar-refractivity contribution in [1.29, 1.82) is 0 Å². The summed E-state index contributed by atoms with van der Waals surface area (Å²) in [5.41, 5.74) is 2.10. The van der Waals surface area contributed by atoms with Crippen molar-refractivity contribution in [3.63, 3.8) is 0 Å². The average Bonchev–Trinajstić information content (AvgIpc) is 2.49. The molecule has 0 spiro atoms. The van der Waals surface area contributed by atoms with Gasteiger partial charge in [-0.05, 0) is 31.3 Å². The second-order valence-corrected chi connectivity index (χ2v) is 4.51. The van der Waals surface area contributed by atoms with Gasteiger partial charge >= 0.3 is 0 Å². The van der Waals surface area contributed by atoms with E-state index in [-0.39, 0.29) is 0 Å². The Labute approximate surface area is 121 Å². The summed E-state index contributed by atoms with van der Waals surface area (Å²) in [5, 5.41) is 0. The molecule has 0 amide bonds. The smallest absolute Gasteiger partial charge is 0.0610 e. The Morgan fingerprint density at radius 1 is 0.700 bits per heavy atom. The summed E-state index contributed by atoms with van der Waals surface area (Å²) >= 11 is 0. The van der Waals surface area contributed by atoms with Crippen LogP contribution in [0, 0.1) is 23.7 Å². The third-order valence-corrected chi connectivity index (χ3v) is 2.71. The van der Waals surface area contributed by atoms with Crippen LogP contribution in [0.1, 0.15) is 11.1 Å². The lowest BCUT2D eigenvalue weighted by molar-refractivity contribution is 0.425. The third-order valence-electron chi connectivity index (χ3n) is 2.71. The van der Waals surface area contributed by atoms with Crippen molar-refractivity contribution in [3.05, 3.63) is 71.8 Å². The zero-order chi connectivity index (χ0) is 14.0. The van der Waals surface area contributed by atoms with Crippen molar-refractivity contribution in [3.8, 4) is 23.7 Å². The van der Waals surface area contributed by atoms with Crippen LogP contribution in [-0.2, 0) is 0 Å². The minimum Gasteiger partial charge on any atom is -0.284 e. The Bertz CT molecular complexity index is 577. The van der Waals surface area contributed by atoms with Gasteiger partial charge in [-0.15, -0.1) is 0 Å². The second kappa shape index (κ2) is 7.85. The van der Waals surface area contributed by atoms with Gasteiger partial charge in [-0.2, -0.15) is 0 Å². The van der Waals surface area contributed by atoms with E-state index in [1.807, 2.05) is 67.7 Å². The molecule has 0 unspecified atom stereocenters. The van der Waals surface area contributed by atoms with Crippen molar-refractivity contribution in [2.45, 2.75) is 0 Å². The van der Waals surface area contributed by atoms with E-state index >= 15 is 0 Å². The molecule has 2 aromatic carbocycles. The summed E-state index contributed by atoms with van der Waals surface area (Å²) in [4.78, 5) is 2.10. The molecule has 0 radical (unpaired) electrons. The zero-order valence-corrected chi connectivity index (χ0v) is 11.6. The quantitative estimate of drug-likeness (QED) is 0.749. The van der Waals surface area contributed by atoms with Gasteiger partial charge in [-0.1, -0.05) is 60.1 Å². The van der Waals surface area contributed by atoms with Gasteiger partial charge in [0, 0.05) is 11.1 Å². The molecule has 20 heavy (non-hydrogen) atoms. The summed E-state index contributed by atoms with van der Waals surface area (Å²) in [6, 6.07) is 20.1. The van der Waals surface area contributed by atoms with Crippen LogP contribution in [0.4, 0.5) is 0 Å². The Morgan fingerprint density at radius 2 is 1.10 bits per heavy atom. The standard InChI is InChI=1S/C19H17N/c1-20(16-8-14-18-10-4-2-5-11-18)17-9-15-19-12-6-3-7-13-19/h2-7,10-13H,16-17H2,1H3. The molecule has 0 fully saturated rings. The van der Waals surface area contributed by atoms with Crippen LogP contribution in [0.2, 0.25) is 0 Å². The maximum Gasteiger partial charge on any atom is 0.0610 e. The molecule has 0 atom stereocenters. The molecule has 0 N–H and O–H groups in total. The lowest BCUT2D eigenvalue weighted by Gasteiger charge is -2.07. The van der Waals surface area contributed by atoms with E-state index in [4.69, 9.17) is 0 Å². The fourth-order valence-corrected chi connectivity index (χ4v) is 1.65. The van der Waals surface area contributed by atoms with E-state index in [1.54, 1.807) is 0 Å². The molecule has 1 heteroatoms. The molecule has 2 aromatic rings. The first-order valence-electron chi connectivity index (χ1n) is 6.61. The molecule has 0 aliphatic carbocycles. The highest BCUT2D eigenvalue weighted by atomic mass is 15.1. The predicted octanol–water partition coefficient (Wildman–Crippen LogP) is 3.02. The minimum atomic E-state index is 0.721. The number of benzene rings is 2. The van der Waals surface area contributed by atoms with E-state index in [2.05, 4.69) is 28.6 Å². The molecule has 0 bridgehead atoms. The molecule has 0 heterocycles. The first kappa shape index (κ1) is 13.9. The Balaban J connectivity index is 1.81. The summed E-state index contributed by atoms with van der Waals surface area (Å²) in [5.74, 6) is 12.6. The Kier molecular flexibility index (Phi) is 5.47. The highest BCUT2D eigenvalue weighted by Gasteiger charge is 1.91. The molecule has 0 aliphatic rings. The van der Waals surface area contributed by atoms with Crippen molar-refractivity contribution < 1.29 is 0 Å². The topological polar surface area (TPSA) is 3.24 Å². The van der Waals surface area contributed by atoms with Crippen LogP contribution in [0.5, 0.6) is 0 Å². The van der Waals surface area contributed by atoms with E-state index in [9.17, 15) is 0 Å². The third kappa shape index (κ3) is 5.02. The summed E-state index contributed by atoms with van der Waals surface area (Å²) in [6.07, 6.45) is 0. The molecule has 1 nitrogen and oxygen atoms in total. The highest BCUT2D eigenvalue weighted by Crippen LogP contribution is 1.95. The van der Waals surface area contributed by atoms with E-state index in [0.29, 0.717) is 0 Å². The van der Waals surface area contributed by atoms with Crippen molar-refractivity contribution in [2.24, 2.45) is 0 Å². The molecule has 0 saturated carbocycles. The Hall–Kier alpha value is -2.48. The van der Waals surface area contributed by atoms with Gasteiger partial charge in [0.2, 0.25) is 0 Å². The van der Waals surface area contributed by atoms with Crippen molar-refractivity contribution in [1.82, 2.24) is 4.90 Å². The van der Waals surface area contributed by atoms with Gasteiger partial charge in [0.15, 0.2) is 0 Å². The number of hydrogen-bond donors (Lipinski definition) is 0. The number of hydrogen-bond acceptors (Lipinski definition) is 1. The monoisotopic (exact) mass is 259 g/mol. The predicted molar refractivity (Wildman–Crippen MR) is 84.1 cm³/mol. The van der Waals surface area contributed by atoms with Gasteiger partial charge in [-0.3, -0.25) is 4.90 Å². The second-order valence-electron chi connectivity index (χ2n) is 4.51. The maximum absolute atomic E-state index is 3.16. The summed E-state index contributed by atoms with van der Waals surface area (Å²) in [6.45, 7) is 1.44. The van der Waals surface area contributed by atoms with Crippen LogP contribution in [0.3, 0.4) is 0 Å². The lowest BCUT2D eigenvalue weighted by Crippen LogP contribution is -2.18. The first-order chi connectivity index (χ1) is 9.84. The summed E-state index contributed by atoms with van der Waals surface area (Å²) < 4.78 is 0. The molecule has 0 saturated heterocycles. The number of nitrogens with zero attached hydrogens (tertiary/aromatic N) is 1. The zero-order valence-electron chi connectivity index (χ0n) is 11.6.